The van der Waals surface area contributed by atoms with E-state index >= 15 is 0 Å². The van der Waals surface area contributed by atoms with Gasteiger partial charge in [0.15, 0.2) is 0 Å². The SMILES string of the molecule is CCc1cccc(C(=O)OCCCNc2ccccc2)c1. The zero-order chi connectivity index (χ0) is 14.9. The number of esters is 1. The molecule has 2 aromatic rings. The van der Waals surface area contributed by atoms with E-state index in [1.54, 1.807) is 6.07 Å². The van der Waals surface area contributed by atoms with E-state index in [9.17, 15) is 4.79 Å². The molecule has 0 radical (unpaired) electrons. The van der Waals surface area contributed by atoms with Gasteiger partial charge in [0.2, 0.25) is 0 Å². The molecule has 0 atom stereocenters. The van der Waals surface area contributed by atoms with Crippen molar-refractivity contribution in [2.75, 3.05) is 18.5 Å². The lowest BCUT2D eigenvalue weighted by atomic mass is 10.1. The minimum Gasteiger partial charge on any atom is -0.462 e. The van der Waals surface area contributed by atoms with Crippen molar-refractivity contribution < 1.29 is 9.53 Å². The molecule has 0 bridgehead atoms. The lowest BCUT2D eigenvalue weighted by molar-refractivity contribution is 0.0503. The molecule has 0 saturated carbocycles. The Hall–Kier alpha value is -2.29. The number of hydrogen-bond acceptors (Lipinski definition) is 3. The van der Waals surface area contributed by atoms with E-state index < -0.39 is 0 Å². The van der Waals surface area contributed by atoms with Crippen LogP contribution < -0.4 is 5.32 Å². The molecule has 1 N–H and O–H groups in total. The van der Waals surface area contributed by atoms with Gasteiger partial charge in [-0.05, 0) is 42.7 Å². The highest BCUT2D eigenvalue weighted by atomic mass is 16.5. The van der Waals surface area contributed by atoms with Crippen LogP contribution in [0.15, 0.2) is 54.6 Å². The molecule has 3 heteroatoms. The van der Waals surface area contributed by atoms with Crippen molar-refractivity contribution in [3.05, 3.63) is 65.7 Å². The second-order valence-corrected chi connectivity index (χ2v) is 4.84. The average molecular weight is 283 g/mol. The first-order chi connectivity index (χ1) is 10.3. The molecular formula is C18H21NO2. The molecule has 21 heavy (non-hydrogen) atoms. The van der Waals surface area contributed by atoms with Gasteiger partial charge in [-0.15, -0.1) is 0 Å². The second kappa shape index (κ2) is 8.10. The van der Waals surface area contributed by atoms with E-state index in [1.165, 1.54) is 0 Å². The van der Waals surface area contributed by atoms with Gasteiger partial charge in [-0.2, -0.15) is 0 Å². The van der Waals surface area contributed by atoms with Gasteiger partial charge in [0.1, 0.15) is 0 Å². The number of nitrogens with one attached hydrogen (secondary N) is 1. The normalized spacial score (nSPS) is 10.1. The third-order valence-corrected chi connectivity index (χ3v) is 3.23. The summed E-state index contributed by atoms with van der Waals surface area (Å²) in [4.78, 5) is 11.9. The quantitative estimate of drug-likeness (QED) is 0.618. The molecule has 2 aromatic carbocycles. The summed E-state index contributed by atoms with van der Waals surface area (Å²) in [5.74, 6) is -0.245. The van der Waals surface area contributed by atoms with E-state index in [-0.39, 0.29) is 5.97 Å². The topological polar surface area (TPSA) is 38.3 Å². The van der Waals surface area contributed by atoms with Crippen molar-refractivity contribution in [2.45, 2.75) is 19.8 Å². The third-order valence-electron chi connectivity index (χ3n) is 3.23. The molecule has 3 nitrogen and oxygen atoms in total. The summed E-state index contributed by atoms with van der Waals surface area (Å²) in [6, 6.07) is 17.6. The third kappa shape index (κ3) is 4.95. The van der Waals surface area contributed by atoms with Crippen molar-refractivity contribution in [3.63, 3.8) is 0 Å². The van der Waals surface area contributed by atoms with Crippen LogP contribution in [0.4, 0.5) is 5.69 Å². The molecule has 0 aliphatic heterocycles. The Bertz CT molecular complexity index is 566. The van der Waals surface area contributed by atoms with Gasteiger partial charge < -0.3 is 10.1 Å². The Morgan fingerprint density at radius 2 is 1.90 bits per heavy atom. The van der Waals surface area contributed by atoms with Gasteiger partial charge >= 0.3 is 5.97 Å². The highest BCUT2D eigenvalue weighted by Gasteiger charge is 2.06. The fourth-order valence-corrected chi connectivity index (χ4v) is 2.03. The molecule has 110 valence electrons. The Labute approximate surface area is 126 Å². The first kappa shape index (κ1) is 15.1. The standard InChI is InChI=1S/C18H21NO2/c1-2-15-8-6-9-16(14-15)18(20)21-13-7-12-19-17-10-4-3-5-11-17/h3-6,8-11,14,19H,2,7,12-13H2,1H3. The minimum atomic E-state index is -0.245. The predicted molar refractivity (Wildman–Crippen MR) is 85.7 cm³/mol. The van der Waals surface area contributed by atoms with Gasteiger partial charge in [-0.3, -0.25) is 0 Å². The molecule has 0 saturated heterocycles. The van der Waals surface area contributed by atoms with Gasteiger partial charge in [-0.25, -0.2) is 4.79 Å². The lowest BCUT2D eigenvalue weighted by Gasteiger charge is -2.08. The molecule has 0 aromatic heterocycles. The Kier molecular flexibility index (Phi) is 5.83. The van der Waals surface area contributed by atoms with Crippen LogP contribution in [-0.2, 0) is 11.2 Å². The maximum absolute atomic E-state index is 11.9. The van der Waals surface area contributed by atoms with Gasteiger partial charge in [-0.1, -0.05) is 37.3 Å². The first-order valence-electron chi connectivity index (χ1n) is 7.34. The molecule has 2 rings (SSSR count). The van der Waals surface area contributed by atoms with Gasteiger partial charge in [0.05, 0.1) is 12.2 Å². The number of rotatable bonds is 7. The number of hydrogen-bond donors (Lipinski definition) is 1. The highest BCUT2D eigenvalue weighted by molar-refractivity contribution is 5.89. The zero-order valence-corrected chi connectivity index (χ0v) is 12.3. The summed E-state index contributed by atoms with van der Waals surface area (Å²) in [6.45, 7) is 3.28. The average Bonchev–Trinajstić information content (AvgIpc) is 2.55. The van der Waals surface area contributed by atoms with Crippen LogP contribution in [0.1, 0.15) is 29.3 Å². The maximum atomic E-state index is 11.9. The summed E-state index contributed by atoms with van der Waals surface area (Å²) < 4.78 is 5.29. The van der Waals surface area contributed by atoms with E-state index in [0.29, 0.717) is 12.2 Å². The van der Waals surface area contributed by atoms with E-state index in [1.807, 2.05) is 48.5 Å². The Morgan fingerprint density at radius 3 is 2.67 bits per heavy atom. The fourth-order valence-electron chi connectivity index (χ4n) is 2.03. The van der Waals surface area contributed by atoms with Crippen molar-refractivity contribution in [1.82, 2.24) is 0 Å². The number of para-hydroxylation sites is 1. The fraction of sp³-hybridized carbons (Fsp3) is 0.278. The van der Waals surface area contributed by atoms with Crippen LogP contribution in [0, 0.1) is 0 Å². The summed E-state index contributed by atoms with van der Waals surface area (Å²) in [6.07, 6.45) is 1.70. The molecule has 0 heterocycles. The molecule has 0 aliphatic carbocycles. The molecule has 0 aliphatic rings. The van der Waals surface area contributed by atoms with Gasteiger partial charge in [0.25, 0.3) is 0 Å². The number of aryl methyl sites for hydroxylation is 1. The minimum absolute atomic E-state index is 0.245. The summed E-state index contributed by atoms with van der Waals surface area (Å²) >= 11 is 0. The Morgan fingerprint density at radius 1 is 1.10 bits per heavy atom. The molecular weight excluding hydrogens is 262 g/mol. The number of ether oxygens (including phenoxy) is 1. The highest BCUT2D eigenvalue weighted by Crippen LogP contribution is 2.08. The van der Waals surface area contributed by atoms with Crippen LogP contribution in [0.3, 0.4) is 0 Å². The number of carbonyl (C=O) groups is 1. The number of anilines is 1. The maximum Gasteiger partial charge on any atom is 0.338 e. The van der Waals surface area contributed by atoms with Crippen LogP contribution in [0.5, 0.6) is 0 Å². The van der Waals surface area contributed by atoms with Crippen molar-refractivity contribution in [2.24, 2.45) is 0 Å². The summed E-state index contributed by atoms with van der Waals surface area (Å²) in [5, 5.41) is 3.29. The lowest BCUT2D eigenvalue weighted by Crippen LogP contribution is -2.10. The van der Waals surface area contributed by atoms with Crippen molar-refractivity contribution in [1.29, 1.82) is 0 Å². The van der Waals surface area contributed by atoms with E-state index in [0.717, 1.165) is 30.6 Å². The van der Waals surface area contributed by atoms with E-state index in [2.05, 4.69) is 12.2 Å². The largest absolute Gasteiger partial charge is 0.462 e. The monoisotopic (exact) mass is 283 g/mol. The van der Waals surface area contributed by atoms with Crippen LogP contribution in [0.2, 0.25) is 0 Å². The van der Waals surface area contributed by atoms with Crippen LogP contribution in [-0.4, -0.2) is 19.1 Å². The number of carbonyl (C=O) groups excluding carboxylic acids is 1. The summed E-state index contributed by atoms with van der Waals surface area (Å²) in [7, 11) is 0. The summed E-state index contributed by atoms with van der Waals surface area (Å²) in [5.41, 5.74) is 2.86. The van der Waals surface area contributed by atoms with Crippen LogP contribution in [0.25, 0.3) is 0 Å². The molecule has 0 unspecified atom stereocenters. The van der Waals surface area contributed by atoms with Crippen molar-refractivity contribution >= 4 is 11.7 Å². The van der Waals surface area contributed by atoms with Gasteiger partial charge in [0, 0.05) is 12.2 Å². The predicted octanol–water partition coefficient (Wildman–Crippen LogP) is 3.91. The second-order valence-electron chi connectivity index (χ2n) is 4.84. The van der Waals surface area contributed by atoms with E-state index in [4.69, 9.17) is 4.74 Å². The Balaban J connectivity index is 1.69. The molecule has 0 amide bonds. The molecule has 0 fully saturated rings. The smallest absolute Gasteiger partial charge is 0.338 e. The zero-order valence-electron chi connectivity index (χ0n) is 12.3. The van der Waals surface area contributed by atoms with Crippen molar-refractivity contribution in [3.8, 4) is 0 Å². The molecule has 0 spiro atoms. The first-order valence-corrected chi connectivity index (χ1v) is 7.34. The number of benzene rings is 2. The van der Waals surface area contributed by atoms with Crippen LogP contribution >= 0.6 is 0 Å².